The van der Waals surface area contributed by atoms with Gasteiger partial charge in [0, 0.05) is 52.4 Å². The van der Waals surface area contributed by atoms with Gasteiger partial charge in [0.15, 0.2) is 0 Å². The molecule has 1 aliphatic heterocycles. The average molecular weight is 410 g/mol. The molecule has 1 aromatic carbocycles. The molecule has 1 amide bonds. The average Bonchev–Trinajstić information content (AvgIpc) is 3.03. The van der Waals surface area contributed by atoms with Crippen molar-refractivity contribution in [2.24, 2.45) is 0 Å². The normalized spacial score (nSPS) is 16.2. The van der Waals surface area contributed by atoms with Gasteiger partial charge in [-0.15, -0.1) is 0 Å². The molecule has 0 saturated carbocycles. The second-order valence-electron chi connectivity index (χ2n) is 7.44. The quantitative estimate of drug-likeness (QED) is 0.759. The fraction of sp³-hybridized carbons (Fsp3) is 0.500. The number of carbonyl (C=O) groups excluding carboxylic acids is 1. The summed E-state index contributed by atoms with van der Waals surface area (Å²) < 4.78 is 44.5. The topological polar surface area (TPSA) is 52.8 Å². The number of hydrogen-bond donors (Lipinski definition) is 0. The Balaban J connectivity index is 1.63. The number of hydrogen-bond acceptors (Lipinski definition) is 5. The zero-order valence-electron chi connectivity index (χ0n) is 16.8. The van der Waals surface area contributed by atoms with Crippen molar-refractivity contribution in [1.82, 2.24) is 19.7 Å². The molecule has 1 aliphatic rings. The van der Waals surface area contributed by atoms with Crippen LogP contribution in [-0.2, 0) is 17.5 Å². The minimum Gasteiger partial charge on any atom is -0.441 e. The van der Waals surface area contributed by atoms with Crippen LogP contribution in [0.5, 0.6) is 0 Å². The predicted octanol–water partition coefficient (Wildman–Crippen LogP) is 2.87. The highest BCUT2D eigenvalue weighted by Crippen LogP contribution is 2.32. The Hall–Kier alpha value is -2.39. The van der Waals surface area contributed by atoms with Crippen LogP contribution in [0.1, 0.15) is 17.0 Å². The maximum Gasteiger partial charge on any atom is 0.416 e. The predicted molar refractivity (Wildman–Crippen MR) is 102 cm³/mol. The molecule has 1 fully saturated rings. The first-order valence-corrected chi connectivity index (χ1v) is 9.42. The highest BCUT2D eigenvalue weighted by Gasteiger charge is 2.31. The highest BCUT2D eigenvalue weighted by molar-refractivity contribution is 5.77. The van der Waals surface area contributed by atoms with Crippen molar-refractivity contribution < 1.29 is 22.4 Å². The van der Waals surface area contributed by atoms with Crippen molar-refractivity contribution in [3.05, 3.63) is 41.3 Å². The number of likely N-dealkylation sites (N-methyl/N-ethyl adjacent to an activating group) is 1. The first-order chi connectivity index (χ1) is 13.6. The number of aromatic nitrogens is 1. The van der Waals surface area contributed by atoms with E-state index in [0.29, 0.717) is 24.4 Å². The zero-order valence-corrected chi connectivity index (χ0v) is 16.8. The Labute approximate surface area is 167 Å². The number of benzene rings is 1. The SMILES string of the molecule is Cc1oc(-c2cccc(C(F)(F)F)c2)nc1CN1CCN(CC(=O)N(C)C)CC1. The van der Waals surface area contributed by atoms with Crippen LogP contribution < -0.4 is 0 Å². The third kappa shape index (κ3) is 5.36. The van der Waals surface area contributed by atoms with Crippen molar-refractivity contribution in [3.63, 3.8) is 0 Å². The van der Waals surface area contributed by atoms with Gasteiger partial charge in [0.1, 0.15) is 5.76 Å². The molecule has 29 heavy (non-hydrogen) atoms. The number of halogens is 3. The summed E-state index contributed by atoms with van der Waals surface area (Å²) in [5, 5.41) is 0. The molecular weight excluding hydrogens is 385 g/mol. The van der Waals surface area contributed by atoms with Crippen molar-refractivity contribution in [2.45, 2.75) is 19.6 Å². The lowest BCUT2D eigenvalue weighted by Gasteiger charge is -2.34. The van der Waals surface area contributed by atoms with Gasteiger partial charge in [-0.2, -0.15) is 13.2 Å². The summed E-state index contributed by atoms with van der Waals surface area (Å²) in [6.45, 7) is 5.85. The largest absolute Gasteiger partial charge is 0.441 e. The van der Waals surface area contributed by atoms with Gasteiger partial charge in [0.25, 0.3) is 0 Å². The van der Waals surface area contributed by atoms with E-state index < -0.39 is 11.7 Å². The lowest BCUT2D eigenvalue weighted by Crippen LogP contribution is -2.49. The second kappa shape index (κ2) is 8.54. The molecule has 0 N–H and O–H groups in total. The summed E-state index contributed by atoms with van der Waals surface area (Å²) in [4.78, 5) is 22.2. The molecule has 1 aromatic heterocycles. The number of carbonyl (C=O) groups is 1. The molecule has 6 nitrogen and oxygen atoms in total. The summed E-state index contributed by atoms with van der Waals surface area (Å²) in [5.74, 6) is 0.873. The Morgan fingerprint density at radius 2 is 1.83 bits per heavy atom. The van der Waals surface area contributed by atoms with Crippen LogP contribution in [0, 0.1) is 6.92 Å². The van der Waals surface area contributed by atoms with E-state index in [4.69, 9.17) is 4.42 Å². The van der Waals surface area contributed by atoms with Gasteiger partial charge in [-0.05, 0) is 25.1 Å². The fourth-order valence-corrected chi connectivity index (χ4v) is 3.18. The van der Waals surface area contributed by atoms with Crippen LogP contribution in [0.15, 0.2) is 28.7 Å². The minimum absolute atomic E-state index is 0.0801. The molecule has 9 heteroatoms. The van der Waals surface area contributed by atoms with Gasteiger partial charge in [-0.1, -0.05) is 6.07 Å². The maximum atomic E-state index is 12.9. The van der Waals surface area contributed by atoms with E-state index in [1.807, 2.05) is 0 Å². The lowest BCUT2D eigenvalue weighted by atomic mass is 10.1. The number of amides is 1. The maximum absolute atomic E-state index is 12.9. The molecule has 0 spiro atoms. The zero-order chi connectivity index (χ0) is 21.2. The van der Waals surface area contributed by atoms with Gasteiger partial charge in [0.05, 0.1) is 17.8 Å². The summed E-state index contributed by atoms with van der Waals surface area (Å²) >= 11 is 0. The van der Waals surface area contributed by atoms with E-state index in [1.165, 1.54) is 6.07 Å². The number of alkyl halides is 3. The van der Waals surface area contributed by atoms with Gasteiger partial charge < -0.3 is 9.32 Å². The first kappa shape index (κ1) is 21.3. The van der Waals surface area contributed by atoms with Crippen molar-refractivity contribution in [3.8, 4) is 11.5 Å². The first-order valence-electron chi connectivity index (χ1n) is 9.42. The van der Waals surface area contributed by atoms with E-state index in [0.717, 1.165) is 44.0 Å². The number of oxazole rings is 1. The monoisotopic (exact) mass is 410 g/mol. The van der Waals surface area contributed by atoms with Gasteiger partial charge in [-0.3, -0.25) is 14.6 Å². The Bertz CT molecular complexity index is 856. The fourth-order valence-electron chi connectivity index (χ4n) is 3.18. The molecule has 0 atom stereocenters. The Kier molecular flexibility index (Phi) is 6.28. The molecule has 2 heterocycles. The minimum atomic E-state index is -4.41. The number of nitrogens with zero attached hydrogens (tertiary/aromatic N) is 4. The van der Waals surface area contributed by atoms with Crippen LogP contribution in [0.25, 0.3) is 11.5 Å². The van der Waals surface area contributed by atoms with Gasteiger partial charge >= 0.3 is 6.18 Å². The lowest BCUT2D eigenvalue weighted by molar-refractivity contribution is -0.137. The molecular formula is C20H25F3N4O2. The van der Waals surface area contributed by atoms with E-state index in [9.17, 15) is 18.0 Å². The van der Waals surface area contributed by atoms with Crippen LogP contribution >= 0.6 is 0 Å². The number of aryl methyl sites for hydroxylation is 1. The van der Waals surface area contributed by atoms with E-state index in [-0.39, 0.29) is 11.8 Å². The number of rotatable bonds is 5. The second-order valence-corrected chi connectivity index (χ2v) is 7.44. The summed E-state index contributed by atoms with van der Waals surface area (Å²) in [7, 11) is 3.49. The van der Waals surface area contributed by atoms with Crippen LogP contribution in [0.4, 0.5) is 13.2 Å². The molecule has 1 saturated heterocycles. The standard InChI is InChI=1S/C20H25F3N4O2/c1-14-17(12-26-7-9-27(10-8-26)13-18(28)25(2)3)24-19(29-14)15-5-4-6-16(11-15)20(21,22)23/h4-6,11H,7-10,12-13H2,1-3H3. The van der Waals surface area contributed by atoms with Gasteiger partial charge in [0.2, 0.25) is 11.8 Å². The van der Waals surface area contributed by atoms with Crippen LogP contribution in [0.3, 0.4) is 0 Å². The summed E-state index contributed by atoms with van der Waals surface area (Å²) in [6, 6.07) is 4.99. The van der Waals surface area contributed by atoms with Crippen LogP contribution in [-0.4, -0.2) is 72.4 Å². The molecule has 0 unspecified atom stereocenters. The van der Waals surface area contributed by atoms with Crippen molar-refractivity contribution in [2.75, 3.05) is 46.8 Å². The number of piperazine rings is 1. The molecule has 0 aliphatic carbocycles. The van der Waals surface area contributed by atoms with E-state index in [2.05, 4.69) is 14.8 Å². The molecule has 0 bridgehead atoms. The Morgan fingerprint density at radius 1 is 1.17 bits per heavy atom. The van der Waals surface area contributed by atoms with Crippen LogP contribution in [0.2, 0.25) is 0 Å². The Morgan fingerprint density at radius 3 is 2.45 bits per heavy atom. The summed E-state index contributed by atoms with van der Waals surface area (Å²) in [6.07, 6.45) is -4.41. The molecule has 3 rings (SSSR count). The highest BCUT2D eigenvalue weighted by atomic mass is 19.4. The van der Waals surface area contributed by atoms with E-state index >= 15 is 0 Å². The van der Waals surface area contributed by atoms with Crippen molar-refractivity contribution >= 4 is 5.91 Å². The third-order valence-corrected chi connectivity index (χ3v) is 5.03. The molecule has 0 radical (unpaired) electrons. The molecule has 2 aromatic rings. The molecule has 158 valence electrons. The van der Waals surface area contributed by atoms with Gasteiger partial charge in [-0.25, -0.2) is 4.98 Å². The smallest absolute Gasteiger partial charge is 0.416 e. The van der Waals surface area contributed by atoms with Crippen molar-refractivity contribution in [1.29, 1.82) is 0 Å². The third-order valence-electron chi connectivity index (χ3n) is 5.03. The van der Waals surface area contributed by atoms with E-state index in [1.54, 1.807) is 32.0 Å². The summed E-state index contributed by atoms with van der Waals surface area (Å²) in [5.41, 5.74) is 0.298.